The first-order valence-electron chi connectivity index (χ1n) is 3.84. The summed E-state index contributed by atoms with van der Waals surface area (Å²) in [6.07, 6.45) is 5.64. The summed E-state index contributed by atoms with van der Waals surface area (Å²) in [7, 11) is 1.59. The van der Waals surface area contributed by atoms with E-state index in [0.29, 0.717) is 5.57 Å². The van der Waals surface area contributed by atoms with Crippen molar-refractivity contribution in [2.24, 2.45) is 0 Å². The third kappa shape index (κ3) is 3.19. The van der Waals surface area contributed by atoms with Gasteiger partial charge in [-0.1, -0.05) is 24.8 Å². The Balaban J connectivity index is 4.39. The van der Waals surface area contributed by atoms with E-state index < -0.39 is 0 Å². The molecule has 0 rings (SSSR count). The van der Waals surface area contributed by atoms with Crippen LogP contribution in [0.1, 0.15) is 13.8 Å². The molecule has 0 atom stereocenters. The highest BCUT2D eigenvalue weighted by molar-refractivity contribution is 5.96. The van der Waals surface area contributed by atoms with E-state index in [1.807, 2.05) is 32.1 Å². The largest absolute Gasteiger partial charge is 0.355 e. The molecule has 66 valence electrons. The fourth-order valence-corrected chi connectivity index (χ4v) is 0.671. The van der Waals surface area contributed by atoms with Gasteiger partial charge in [0.25, 0.3) is 5.91 Å². The molecule has 0 aromatic rings. The molecule has 0 aliphatic heterocycles. The van der Waals surface area contributed by atoms with Gasteiger partial charge in [0.15, 0.2) is 0 Å². The van der Waals surface area contributed by atoms with E-state index in [2.05, 4.69) is 11.9 Å². The van der Waals surface area contributed by atoms with Crippen molar-refractivity contribution in [3.63, 3.8) is 0 Å². The van der Waals surface area contributed by atoms with E-state index in [0.717, 1.165) is 5.57 Å². The van der Waals surface area contributed by atoms with Crippen LogP contribution >= 0.6 is 0 Å². The smallest absolute Gasteiger partial charge is 0.250 e. The van der Waals surface area contributed by atoms with Gasteiger partial charge in [0.2, 0.25) is 0 Å². The van der Waals surface area contributed by atoms with Crippen LogP contribution in [0, 0.1) is 0 Å². The number of allylic oxidation sites excluding steroid dienone is 3. The number of carbonyl (C=O) groups is 1. The van der Waals surface area contributed by atoms with Crippen molar-refractivity contribution >= 4 is 5.91 Å². The van der Waals surface area contributed by atoms with Gasteiger partial charge in [-0.15, -0.1) is 0 Å². The summed E-state index contributed by atoms with van der Waals surface area (Å²) < 4.78 is 0. The molecule has 2 nitrogen and oxygen atoms in total. The zero-order valence-corrected chi connectivity index (χ0v) is 7.85. The summed E-state index contributed by atoms with van der Waals surface area (Å²) in [5, 5.41) is 2.52. The lowest BCUT2D eigenvalue weighted by molar-refractivity contribution is -0.116. The predicted octanol–water partition coefficient (Wildman–Crippen LogP) is 1.81. The average Bonchev–Trinajstić information content (AvgIpc) is 2.11. The standard InChI is InChI=1S/C10H15NO/c1-5-6-7-8(2)9(3)10(12)11-4/h5-7H,3H2,1-2,4H3,(H,11,12)/b6-5-,8-7-. The zero-order chi connectivity index (χ0) is 9.56. The Hall–Kier alpha value is -1.31. The highest BCUT2D eigenvalue weighted by atomic mass is 16.1. The van der Waals surface area contributed by atoms with Crippen LogP contribution in [-0.4, -0.2) is 13.0 Å². The summed E-state index contributed by atoms with van der Waals surface area (Å²) in [6.45, 7) is 7.45. The number of hydrogen-bond acceptors (Lipinski definition) is 1. The number of likely N-dealkylation sites (N-methyl/N-ethyl adjacent to an activating group) is 1. The second kappa shape index (κ2) is 5.35. The molecule has 0 unspecified atom stereocenters. The monoisotopic (exact) mass is 165 g/mol. The zero-order valence-electron chi connectivity index (χ0n) is 7.85. The SMILES string of the molecule is C=C(C(=O)NC)/C(C)=C\C=C/C. The van der Waals surface area contributed by atoms with Gasteiger partial charge < -0.3 is 5.32 Å². The summed E-state index contributed by atoms with van der Waals surface area (Å²) in [4.78, 5) is 11.0. The Morgan fingerprint density at radius 2 is 2.08 bits per heavy atom. The van der Waals surface area contributed by atoms with Crippen LogP contribution in [0.15, 0.2) is 36.0 Å². The summed E-state index contributed by atoms with van der Waals surface area (Å²) >= 11 is 0. The van der Waals surface area contributed by atoms with Crippen molar-refractivity contribution in [3.8, 4) is 0 Å². The Labute approximate surface area is 73.7 Å². The first-order chi connectivity index (χ1) is 5.63. The van der Waals surface area contributed by atoms with Crippen molar-refractivity contribution in [2.45, 2.75) is 13.8 Å². The van der Waals surface area contributed by atoms with Gasteiger partial charge in [-0.2, -0.15) is 0 Å². The Morgan fingerprint density at radius 3 is 2.50 bits per heavy atom. The minimum absolute atomic E-state index is 0.131. The van der Waals surface area contributed by atoms with Crippen LogP contribution in [0.25, 0.3) is 0 Å². The van der Waals surface area contributed by atoms with Gasteiger partial charge in [0.05, 0.1) is 0 Å². The van der Waals surface area contributed by atoms with Crippen molar-refractivity contribution in [2.75, 3.05) is 7.05 Å². The molecule has 12 heavy (non-hydrogen) atoms. The van der Waals surface area contributed by atoms with Gasteiger partial charge in [-0.25, -0.2) is 0 Å². The normalized spacial score (nSPS) is 11.8. The molecule has 0 heterocycles. The molecular formula is C10H15NO. The maximum atomic E-state index is 11.0. The fraction of sp³-hybridized carbons (Fsp3) is 0.300. The lowest BCUT2D eigenvalue weighted by Gasteiger charge is -2.02. The van der Waals surface area contributed by atoms with E-state index in [-0.39, 0.29) is 5.91 Å². The Morgan fingerprint density at radius 1 is 1.50 bits per heavy atom. The van der Waals surface area contributed by atoms with Crippen LogP contribution in [0.5, 0.6) is 0 Å². The maximum Gasteiger partial charge on any atom is 0.250 e. The van der Waals surface area contributed by atoms with Gasteiger partial charge in [-0.3, -0.25) is 4.79 Å². The van der Waals surface area contributed by atoms with E-state index in [1.165, 1.54) is 0 Å². The Bertz CT molecular complexity index is 236. The van der Waals surface area contributed by atoms with Crippen LogP contribution in [0.3, 0.4) is 0 Å². The molecule has 0 aromatic carbocycles. The lowest BCUT2D eigenvalue weighted by Crippen LogP contribution is -2.19. The molecule has 0 fully saturated rings. The van der Waals surface area contributed by atoms with Crippen molar-refractivity contribution in [1.29, 1.82) is 0 Å². The number of hydrogen-bond donors (Lipinski definition) is 1. The third-order valence-electron chi connectivity index (χ3n) is 1.52. The highest BCUT2D eigenvalue weighted by Gasteiger charge is 2.04. The number of nitrogens with one attached hydrogen (secondary N) is 1. The van der Waals surface area contributed by atoms with Crippen LogP contribution in [0.4, 0.5) is 0 Å². The van der Waals surface area contributed by atoms with Crippen molar-refractivity contribution < 1.29 is 4.79 Å². The minimum atomic E-state index is -0.131. The predicted molar refractivity (Wildman–Crippen MR) is 51.8 cm³/mol. The third-order valence-corrected chi connectivity index (χ3v) is 1.52. The first kappa shape index (κ1) is 10.7. The molecule has 0 bridgehead atoms. The van der Waals surface area contributed by atoms with Gasteiger partial charge >= 0.3 is 0 Å². The van der Waals surface area contributed by atoms with Crippen LogP contribution in [0.2, 0.25) is 0 Å². The number of rotatable bonds is 3. The van der Waals surface area contributed by atoms with Crippen molar-refractivity contribution in [1.82, 2.24) is 5.32 Å². The molecule has 0 radical (unpaired) electrons. The quantitative estimate of drug-likeness (QED) is 0.501. The maximum absolute atomic E-state index is 11.0. The molecule has 0 saturated carbocycles. The summed E-state index contributed by atoms with van der Waals surface area (Å²) in [6, 6.07) is 0. The highest BCUT2D eigenvalue weighted by Crippen LogP contribution is 2.06. The molecule has 0 spiro atoms. The molecule has 2 heteroatoms. The Kier molecular flexibility index (Phi) is 4.77. The molecule has 0 saturated heterocycles. The molecule has 1 N–H and O–H groups in total. The van der Waals surface area contributed by atoms with E-state index in [1.54, 1.807) is 7.05 Å². The van der Waals surface area contributed by atoms with E-state index in [9.17, 15) is 4.79 Å². The fourth-order valence-electron chi connectivity index (χ4n) is 0.671. The van der Waals surface area contributed by atoms with E-state index >= 15 is 0 Å². The van der Waals surface area contributed by atoms with E-state index in [4.69, 9.17) is 0 Å². The molecule has 0 aromatic heterocycles. The van der Waals surface area contributed by atoms with Gasteiger partial charge in [0, 0.05) is 12.6 Å². The molecule has 0 aliphatic carbocycles. The first-order valence-corrected chi connectivity index (χ1v) is 3.84. The van der Waals surface area contributed by atoms with Crippen LogP contribution < -0.4 is 5.32 Å². The number of amides is 1. The van der Waals surface area contributed by atoms with Gasteiger partial charge in [0.1, 0.15) is 0 Å². The second-order valence-corrected chi connectivity index (χ2v) is 2.43. The second-order valence-electron chi connectivity index (χ2n) is 2.43. The number of carbonyl (C=O) groups excluding carboxylic acids is 1. The van der Waals surface area contributed by atoms with Gasteiger partial charge in [-0.05, 0) is 19.4 Å². The lowest BCUT2D eigenvalue weighted by atomic mass is 10.1. The minimum Gasteiger partial charge on any atom is -0.355 e. The molecule has 0 aliphatic rings. The topological polar surface area (TPSA) is 29.1 Å². The van der Waals surface area contributed by atoms with Crippen molar-refractivity contribution in [3.05, 3.63) is 36.0 Å². The summed E-state index contributed by atoms with van der Waals surface area (Å²) in [5.74, 6) is -0.131. The average molecular weight is 165 g/mol. The summed E-state index contributed by atoms with van der Waals surface area (Å²) in [5.41, 5.74) is 1.39. The van der Waals surface area contributed by atoms with Crippen LogP contribution in [-0.2, 0) is 4.79 Å². The molecular weight excluding hydrogens is 150 g/mol. The molecule has 1 amide bonds.